The van der Waals surface area contributed by atoms with Gasteiger partial charge in [0.05, 0.1) is 61.8 Å². The summed E-state index contributed by atoms with van der Waals surface area (Å²) in [5.41, 5.74) is 8.62. The molecular formula is C87H87F6N3O12. The average Bonchev–Trinajstić information content (AvgIpc) is 0.817. The van der Waals surface area contributed by atoms with E-state index in [-0.39, 0.29) is 92.5 Å². The normalized spacial score (nSPS) is 12.2. The number of aryl methyl sites for hydroxylation is 3. The summed E-state index contributed by atoms with van der Waals surface area (Å²) < 4.78 is 100. The number of nitrogens with one attached hydrogen (secondary N) is 3. The molecule has 108 heavy (non-hydrogen) atoms. The molecule has 0 heterocycles. The van der Waals surface area contributed by atoms with Crippen LogP contribution < -0.4 is 16.0 Å². The zero-order valence-electron chi connectivity index (χ0n) is 61.1. The van der Waals surface area contributed by atoms with Crippen molar-refractivity contribution in [3.05, 3.63) is 328 Å². The molecular weight excluding hydrogens is 1390 g/mol. The Morgan fingerprint density at radius 1 is 0.407 bits per heavy atom. The van der Waals surface area contributed by atoms with Crippen LogP contribution in [0.5, 0.6) is 0 Å². The maximum atomic E-state index is 13.6. The van der Waals surface area contributed by atoms with Gasteiger partial charge in [-0.25, -0.2) is 31.1 Å². The summed E-state index contributed by atoms with van der Waals surface area (Å²) >= 11 is 0. The topological polar surface area (TPSA) is 210 Å². The number of Topliss-reactive ketones (excluding diaryl/α,β-unsaturated/α-hetero) is 4. The molecule has 21 heteroatoms. The molecule has 0 amide bonds. The van der Waals surface area contributed by atoms with Crippen LogP contribution in [0, 0.1) is 73.4 Å². The van der Waals surface area contributed by atoms with Crippen LogP contribution in [0.15, 0.2) is 243 Å². The van der Waals surface area contributed by atoms with Gasteiger partial charge < -0.3 is 34.9 Å². The lowest BCUT2D eigenvalue weighted by Gasteiger charge is -2.30. The minimum absolute atomic E-state index is 0.0734. The molecule has 0 aliphatic carbocycles. The van der Waals surface area contributed by atoms with Gasteiger partial charge in [-0.3, -0.25) is 33.6 Å². The Kier molecular flexibility index (Phi) is 34.2. The van der Waals surface area contributed by atoms with E-state index in [1.807, 2.05) is 93.6 Å². The fraction of sp³-hybridized carbons (Fsp3) is 0.241. The number of esters is 4. The van der Waals surface area contributed by atoms with E-state index in [2.05, 4.69) is 29.1 Å². The highest BCUT2D eigenvalue weighted by molar-refractivity contribution is 6.09. The van der Waals surface area contributed by atoms with Crippen molar-refractivity contribution in [1.82, 2.24) is 0 Å². The van der Waals surface area contributed by atoms with Crippen molar-refractivity contribution in [2.75, 3.05) is 42.4 Å². The largest absolute Gasteiger partial charge is 0.466 e. The van der Waals surface area contributed by atoms with Gasteiger partial charge in [-0.15, -0.1) is 0 Å². The van der Waals surface area contributed by atoms with Gasteiger partial charge in [-0.1, -0.05) is 109 Å². The Bertz CT molecular complexity index is 4430. The number of carbonyl (C=O) groups is 8. The molecule has 0 bridgehead atoms. The molecule has 6 atom stereocenters. The van der Waals surface area contributed by atoms with Gasteiger partial charge in [0.15, 0.2) is 17.3 Å². The maximum absolute atomic E-state index is 13.6. The van der Waals surface area contributed by atoms with Crippen molar-refractivity contribution in [1.29, 1.82) is 0 Å². The summed E-state index contributed by atoms with van der Waals surface area (Å²) in [5, 5.41) is 9.80. The zero-order valence-corrected chi connectivity index (χ0v) is 61.1. The Hall–Kier alpha value is -12.0. The molecule has 9 rings (SSSR count). The zero-order chi connectivity index (χ0) is 78.8. The van der Waals surface area contributed by atoms with Gasteiger partial charge >= 0.3 is 23.9 Å². The number of anilines is 3. The van der Waals surface area contributed by atoms with Crippen LogP contribution in [0.3, 0.4) is 0 Å². The molecule has 0 spiro atoms. The smallest absolute Gasteiger partial charge is 0.335 e. The first kappa shape index (κ1) is 84.9. The number of rotatable bonds is 32. The van der Waals surface area contributed by atoms with E-state index in [0.717, 1.165) is 39.9 Å². The fourth-order valence-corrected chi connectivity index (χ4v) is 11.0. The number of ketones is 4. The quantitative estimate of drug-likeness (QED) is 0.00681. The summed E-state index contributed by atoms with van der Waals surface area (Å²) in [6, 6.07) is 54.0. The third-order valence-electron chi connectivity index (χ3n) is 16.6. The monoisotopic (exact) mass is 1480 g/mol. The molecule has 0 fully saturated rings. The molecule has 0 saturated carbocycles. The highest BCUT2D eigenvalue weighted by Gasteiger charge is 2.40. The maximum Gasteiger partial charge on any atom is 0.335 e. The Morgan fingerprint density at radius 2 is 0.750 bits per heavy atom. The molecule has 0 aliphatic rings. The molecule has 0 saturated heterocycles. The molecule has 0 aliphatic heterocycles. The van der Waals surface area contributed by atoms with Crippen LogP contribution in [-0.4, -0.2) is 73.4 Å². The first-order chi connectivity index (χ1) is 51.7. The van der Waals surface area contributed by atoms with Crippen molar-refractivity contribution in [3.63, 3.8) is 0 Å². The van der Waals surface area contributed by atoms with Gasteiger partial charge in [0.2, 0.25) is 0 Å². The minimum atomic E-state index is -1.40. The second kappa shape index (κ2) is 43.4. The molecule has 0 radical (unpaired) electrons. The number of hydrogen-bond acceptors (Lipinski definition) is 15. The van der Waals surface area contributed by atoms with Gasteiger partial charge in [0, 0.05) is 40.2 Å². The van der Waals surface area contributed by atoms with Crippen LogP contribution in [0.1, 0.15) is 136 Å². The van der Waals surface area contributed by atoms with Crippen molar-refractivity contribution in [2.24, 2.45) is 17.8 Å². The second-order valence-electron chi connectivity index (χ2n) is 24.9. The van der Waals surface area contributed by atoms with E-state index >= 15 is 0 Å². The third-order valence-corrected chi connectivity index (χ3v) is 16.6. The molecule has 3 unspecified atom stereocenters. The molecule has 9 aromatic rings. The van der Waals surface area contributed by atoms with Crippen LogP contribution in [0.4, 0.5) is 43.4 Å². The summed E-state index contributed by atoms with van der Waals surface area (Å²) in [5.74, 6) is -9.18. The van der Waals surface area contributed by atoms with Gasteiger partial charge in [-0.05, 0) is 224 Å². The minimum Gasteiger partial charge on any atom is -0.466 e. The molecule has 3 N–H and O–H groups in total. The summed E-state index contributed by atoms with van der Waals surface area (Å²) in [6.45, 7) is 20.2. The summed E-state index contributed by atoms with van der Waals surface area (Å²) in [6.07, 6.45) is 1.29. The van der Waals surface area contributed by atoms with Crippen LogP contribution in [0.25, 0.3) is 0 Å². The van der Waals surface area contributed by atoms with E-state index in [1.54, 1.807) is 45.0 Å². The Labute approximate surface area is 625 Å². The van der Waals surface area contributed by atoms with Crippen molar-refractivity contribution in [2.45, 2.75) is 92.3 Å². The second-order valence-corrected chi connectivity index (χ2v) is 24.9. The predicted molar refractivity (Wildman–Crippen MR) is 404 cm³/mol. The van der Waals surface area contributed by atoms with Gasteiger partial charge in [0.1, 0.15) is 53.2 Å². The average molecular weight is 1480 g/mol. The molecule has 0 aromatic heterocycles. The predicted octanol–water partition coefficient (Wildman–Crippen LogP) is 18.9. The van der Waals surface area contributed by atoms with Crippen LogP contribution in [0.2, 0.25) is 0 Å². The van der Waals surface area contributed by atoms with E-state index in [1.165, 1.54) is 122 Å². The van der Waals surface area contributed by atoms with E-state index in [9.17, 15) is 64.7 Å². The fourth-order valence-electron chi connectivity index (χ4n) is 11.0. The standard InChI is InChI=1S/C31H31F2NO5.C27H27F2NO3.C19H20FNO2.C10H9FO2/c1-4-18-39-31(37)27(29(35)22-10-12-23(32)13-11-22)19-26(30(36)38-5-2)28(21-8-6-20(3)7-9-21)34-25-16-14-24(33)15-17-25;1-3-33-27(32)24(16-17-25(31)19-8-10-21(28)11-9-19)26(20-6-4-18(2)5-7-20)30-23-14-12-22(29)13-15-23;1-4-23-19(22)14(3)18(15-7-5-13(2)6-8-15)21-17-11-9-16(20)10-12-17;1-7(12)6-10(13)8-2-4-9(11)5-3-8/h4,6-17,26-28,34H,1,5,18-19H2,2-3H3;4-15,24,26,30H,3,16-17H2,1-2H3;5-12,18,21H,3-4H2,1-2H3;2-5H,6H2,1H3/t26?,27?,28-;24?,26-;18-;/m110./s1. The van der Waals surface area contributed by atoms with E-state index in [0.29, 0.717) is 39.3 Å². The first-order valence-corrected chi connectivity index (χ1v) is 34.8. The van der Waals surface area contributed by atoms with Gasteiger partial charge in [-0.2, -0.15) is 0 Å². The molecule has 564 valence electrons. The number of benzene rings is 9. The van der Waals surface area contributed by atoms with Crippen molar-refractivity contribution in [3.8, 4) is 0 Å². The summed E-state index contributed by atoms with van der Waals surface area (Å²) in [7, 11) is 0. The molecule has 15 nitrogen and oxygen atoms in total. The highest BCUT2D eigenvalue weighted by Crippen LogP contribution is 2.36. The SMILES string of the molecule is C=C(C(=O)OCC)[C@H](Nc1ccc(F)cc1)c1ccc(C)cc1.C=CCOC(=O)C(CC(C(=O)OCC)[C@H](Nc1ccc(F)cc1)c1ccc(C)cc1)C(=O)c1ccc(F)cc1.CC(=O)CC(=O)c1ccc(F)cc1.CCOC(=O)C(CCC(=O)c1ccc(F)cc1)[C@H](Nc1ccc(F)cc1)c1ccc(C)cc1. The number of halogens is 6. The highest BCUT2D eigenvalue weighted by atomic mass is 19.1. The lowest BCUT2D eigenvalue weighted by Crippen LogP contribution is -2.36. The third kappa shape index (κ3) is 27.5. The Balaban J connectivity index is 0.000000239. The first-order valence-electron chi connectivity index (χ1n) is 34.8. The Morgan fingerprint density at radius 3 is 1.13 bits per heavy atom. The van der Waals surface area contributed by atoms with Gasteiger partial charge in [0.25, 0.3) is 0 Å². The number of ether oxygens (including phenoxy) is 4. The number of hydrogen-bond donors (Lipinski definition) is 3. The lowest BCUT2D eigenvalue weighted by molar-refractivity contribution is -0.152. The summed E-state index contributed by atoms with van der Waals surface area (Å²) in [4.78, 5) is 99.6. The van der Waals surface area contributed by atoms with Crippen LogP contribution >= 0.6 is 0 Å². The van der Waals surface area contributed by atoms with E-state index in [4.69, 9.17) is 18.9 Å². The number of carbonyl (C=O) groups excluding carboxylic acids is 8. The molecule has 9 aromatic carbocycles. The lowest BCUT2D eigenvalue weighted by atomic mass is 9.82. The van der Waals surface area contributed by atoms with E-state index < -0.39 is 83.0 Å². The van der Waals surface area contributed by atoms with Crippen molar-refractivity contribution < 1.29 is 83.6 Å². The van der Waals surface area contributed by atoms with Crippen molar-refractivity contribution >= 4 is 64.1 Å². The van der Waals surface area contributed by atoms with Crippen LogP contribution in [-0.2, 0) is 42.9 Å².